The van der Waals surface area contributed by atoms with Crippen molar-refractivity contribution in [1.82, 2.24) is 5.32 Å². The van der Waals surface area contributed by atoms with Crippen molar-refractivity contribution in [3.05, 3.63) is 12.7 Å². The van der Waals surface area contributed by atoms with Crippen LogP contribution in [0.15, 0.2) is 12.7 Å². The van der Waals surface area contributed by atoms with Crippen LogP contribution in [0.3, 0.4) is 0 Å². The van der Waals surface area contributed by atoms with Gasteiger partial charge in [-0.25, -0.2) is 0 Å². The molecule has 0 saturated heterocycles. The van der Waals surface area contributed by atoms with E-state index in [0.29, 0.717) is 0 Å². The van der Waals surface area contributed by atoms with Crippen molar-refractivity contribution in [2.45, 2.75) is 25.7 Å². The largest absolute Gasteiger partial charge is 0.313 e. The standard InChI is InChI=1S/C9H18BrN/c1-2-8-11-9-6-4-3-5-7-10/h2,11H,1,3-9H2. The first kappa shape index (κ1) is 11.2. The van der Waals surface area contributed by atoms with Crippen LogP contribution in [-0.4, -0.2) is 18.4 Å². The van der Waals surface area contributed by atoms with E-state index in [1.54, 1.807) is 0 Å². The second-order valence-electron chi connectivity index (χ2n) is 2.60. The Morgan fingerprint density at radius 1 is 1.18 bits per heavy atom. The van der Waals surface area contributed by atoms with Gasteiger partial charge in [-0.15, -0.1) is 6.58 Å². The zero-order valence-electron chi connectivity index (χ0n) is 7.11. The Hall–Kier alpha value is 0.180. The smallest absolute Gasteiger partial charge is 0.0132 e. The van der Waals surface area contributed by atoms with Gasteiger partial charge in [-0.2, -0.15) is 0 Å². The first-order valence-corrected chi connectivity index (χ1v) is 5.41. The third kappa shape index (κ3) is 10.2. The Balaban J connectivity index is 2.74. The summed E-state index contributed by atoms with van der Waals surface area (Å²) in [7, 11) is 0. The molecule has 0 atom stereocenters. The molecule has 0 fully saturated rings. The average molecular weight is 220 g/mol. The number of hydrogen-bond acceptors (Lipinski definition) is 1. The molecule has 0 heterocycles. The molecule has 1 nitrogen and oxygen atoms in total. The van der Waals surface area contributed by atoms with Crippen LogP contribution < -0.4 is 5.32 Å². The summed E-state index contributed by atoms with van der Waals surface area (Å²) in [5.74, 6) is 0. The molecule has 2 heteroatoms. The fourth-order valence-electron chi connectivity index (χ4n) is 0.902. The first-order valence-electron chi connectivity index (χ1n) is 4.29. The molecule has 66 valence electrons. The molecule has 0 saturated carbocycles. The van der Waals surface area contributed by atoms with Crippen molar-refractivity contribution in [1.29, 1.82) is 0 Å². The van der Waals surface area contributed by atoms with Crippen molar-refractivity contribution < 1.29 is 0 Å². The van der Waals surface area contributed by atoms with Crippen molar-refractivity contribution in [3.8, 4) is 0 Å². The normalized spacial score (nSPS) is 9.91. The second-order valence-corrected chi connectivity index (χ2v) is 3.39. The van der Waals surface area contributed by atoms with E-state index in [-0.39, 0.29) is 0 Å². The van der Waals surface area contributed by atoms with E-state index < -0.39 is 0 Å². The molecule has 0 aromatic carbocycles. The fraction of sp³-hybridized carbons (Fsp3) is 0.778. The van der Waals surface area contributed by atoms with Gasteiger partial charge in [0.2, 0.25) is 0 Å². The van der Waals surface area contributed by atoms with Crippen molar-refractivity contribution >= 4 is 15.9 Å². The Morgan fingerprint density at radius 3 is 2.55 bits per heavy atom. The van der Waals surface area contributed by atoms with Gasteiger partial charge in [-0.05, 0) is 19.4 Å². The van der Waals surface area contributed by atoms with Crippen molar-refractivity contribution in [2.24, 2.45) is 0 Å². The maximum Gasteiger partial charge on any atom is 0.0132 e. The van der Waals surface area contributed by atoms with E-state index in [0.717, 1.165) is 18.4 Å². The zero-order valence-corrected chi connectivity index (χ0v) is 8.70. The Bertz CT molecular complexity index is 83.6. The van der Waals surface area contributed by atoms with Crippen LogP contribution >= 0.6 is 15.9 Å². The Labute approximate surface area is 78.4 Å². The molecule has 0 aliphatic carbocycles. The lowest BCUT2D eigenvalue weighted by Crippen LogP contribution is -2.14. The molecule has 0 unspecified atom stereocenters. The van der Waals surface area contributed by atoms with E-state index in [1.165, 1.54) is 25.7 Å². The molecular weight excluding hydrogens is 202 g/mol. The number of halogens is 1. The van der Waals surface area contributed by atoms with E-state index in [1.807, 2.05) is 6.08 Å². The highest BCUT2D eigenvalue weighted by Gasteiger charge is 1.87. The molecule has 1 N–H and O–H groups in total. The third-order valence-electron chi connectivity index (χ3n) is 1.53. The van der Waals surface area contributed by atoms with Crippen LogP contribution in [0, 0.1) is 0 Å². The SMILES string of the molecule is C=CCNCCCCCCBr. The third-order valence-corrected chi connectivity index (χ3v) is 2.09. The highest BCUT2D eigenvalue weighted by molar-refractivity contribution is 9.09. The highest BCUT2D eigenvalue weighted by Crippen LogP contribution is 2.00. The van der Waals surface area contributed by atoms with Gasteiger partial charge in [0.25, 0.3) is 0 Å². The minimum absolute atomic E-state index is 0.943. The predicted molar refractivity (Wildman–Crippen MR) is 55.3 cm³/mol. The van der Waals surface area contributed by atoms with Gasteiger partial charge < -0.3 is 5.32 Å². The van der Waals surface area contributed by atoms with E-state index in [4.69, 9.17) is 0 Å². The topological polar surface area (TPSA) is 12.0 Å². The van der Waals surface area contributed by atoms with Gasteiger partial charge >= 0.3 is 0 Å². The summed E-state index contributed by atoms with van der Waals surface area (Å²) in [6.45, 7) is 5.72. The van der Waals surface area contributed by atoms with Gasteiger partial charge in [0.05, 0.1) is 0 Å². The molecular formula is C9H18BrN. The highest BCUT2D eigenvalue weighted by atomic mass is 79.9. The van der Waals surface area contributed by atoms with Crippen LogP contribution in [0.5, 0.6) is 0 Å². The summed E-state index contributed by atoms with van der Waals surface area (Å²) in [6.07, 6.45) is 7.19. The minimum atomic E-state index is 0.943. The number of nitrogens with one attached hydrogen (secondary N) is 1. The van der Waals surface area contributed by atoms with Crippen LogP contribution in [0.1, 0.15) is 25.7 Å². The second kappa shape index (κ2) is 10.2. The summed E-state index contributed by atoms with van der Waals surface area (Å²) in [5, 5.41) is 4.43. The van der Waals surface area contributed by atoms with Gasteiger partial charge in [0, 0.05) is 11.9 Å². The number of alkyl halides is 1. The van der Waals surface area contributed by atoms with E-state index in [2.05, 4.69) is 27.8 Å². The van der Waals surface area contributed by atoms with Crippen LogP contribution in [0.2, 0.25) is 0 Å². The van der Waals surface area contributed by atoms with Crippen LogP contribution in [-0.2, 0) is 0 Å². The lowest BCUT2D eigenvalue weighted by Gasteiger charge is -2.00. The Kier molecular flexibility index (Phi) is 10.3. The van der Waals surface area contributed by atoms with E-state index in [9.17, 15) is 0 Å². The fourth-order valence-corrected chi connectivity index (χ4v) is 1.30. The van der Waals surface area contributed by atoms with Crippen LogP contribution in [0.4, 0.5) is 0 Å². The molecule has 0 radical (unpaired) electrons. The quantitative estimate of drug-likeness (QED) is 0.376. The van der Waals surface area contributed by atoms with Crippen molar-refractivity contribution in [2.75, 3.05) is 18.4 Å². The number of hydrogen-bond donors (Lipinski definition) is 1. The molecule has 11 heavy (non-hydrogen) atoms. The maximum atomic E-state index is 3.64. The summed E-state index contributed by atoms with van der Waals surface area (Å²) in [4.78, 5) is 0. The molecule has 0 rings (SSSR count). The molecule has 0 amide bonds. The van der Waals surface area contributed by atoms with Gasteiger partial charge in [-0.1, -0.05) is 34.8 Å². The summed E-state index contributed by atoms with van der Waals surface area (Å²) >= 11 is 3.41. The Morgan fingerprint density at radius 2 is 1.91 bits per heavy atom. The summed E-state index contributed by atoms with van der Waals surface area (Å²) in [5.41, 5.74) is 0. The van der Waals surface area contributed by atoms with Gasteiger partial charge in [0.15, 0.2) is 0 Å². The lowest BCUT2D eigenvalue weighted by atomic mass is 10.2. The molecule has 0 aromatic heterocycles. The van der Waals surface area contributed by atoms with Gasteiger partial charge in [0.1, 0.15) is 0 Å². The monoisotopic (exact) mass is 219 g/mol. The molecule has 0 bridgehead atoms. The average Bonchev–Trinajstić information content (AvgIpc) is 2.03. The van der Waals surface area contributed by atoms with Crippen molar-refractivity contribution in [3.63, 3.8) is 0 Å². The number of unbranched alkanes of at least 4 members (excludes halogenated alkanes) is 3. The van der Waals surface area contributed by atoms with Crippen LogP contribution in [0.25, 0.3) is 0 Å². The summed E-state index contributed by atoms with van der Waals surface area (Å²) in [6, 6.07) is 0. The van der Waals surface area contributed by atoms with E-state index >= 15 is 0 Å². The first-order chi connectivity index (χ1) is 5.41. The lowest BCUT2D eigenvalue weighted by molar-refractivity contribution is 0.623. The molecule has 0 aliphatic heterocycles. The van der Waals surface area contributed by atoms with Gasteiger partial charge in [-0.3, -0.25) is 0 Å². The predicted octanol–water partition coefficient (Wildman–Crippen LogP) is 2.72. The summed E-state index contributed by atoms with van der Waals surface area (Å²) < 4.78 is 0. The maximum absolute atomic E-state index is 3.64. The minimum Gasteiger partial charge on any atom is -0.313 e. The molecule has 0 aliphatic rings. The number of rotatable bonds is 8. The zero-order chi connectivity index (χ0) is 8.36. The molecule has 0 aromatic rings. The molecule has 0 spiro atoms.